The fraction of sp³-hybridized carbons (Fsp3) is 0.684. The highest BCUT2D eigenvalue weighted by Crippen LogP contribution is 2.61. The normalized spacial score (nSPS) is 45.4. The molecule has 5 atom stereocenters. The van der Waals surface area contributed by atoms with Crippen LogP contribution in [0.3, 0.4) is 0 Å². The van der Waals surface area contributed by atoms with Crippen LogP contribution in [0.25, 0.3) is 0 Å². The number of carbonyl (C=O) groups is 2. The number of fused-ring (bicyclic) bond motifs is 5. The van der Waals surface area contributed by atoms with E-state index in [-0.39, 0.29) is 5.41 Å². The van der Waals surface area contributed by atoms with Crippen LogP contribution in [0, 0.1) is 29.1 Å². The summed E-state index contributed by atoms with van der Waals surface area (Å²) in [5.41, 5.74) is 1.22. The maximum atomic E-state index is 12.4. The minimum atomic E-state index is -0.202. The molecule has 4 aliphatic carbocycles. The summed E-state index contributed by atoms with van der Waals surface area (Å²) in [6.07, 6.45) is 11.9. The molecule has 3 saturated carbocycles. The Balaban J connectivity index is 1.67. The molecule has 4 aliphatic rings. The summed E-state index contributed by atoms with van der Waals surface area (Å²) in [5, 5.41) is 0. The molecule has 0 radical (unpaired) electrons. The third-order valence-corrected chi connectivity index (χ3v) is 6.99. The number of hydrogen-bond acceptors (Lipinski definition) is 2. The zero-order valence-electron chi connectivity index (χ0n) is 12.6. The molecule has 2 heteroatoms. The summed E-state index contributed by atoms with van der Waals surface area (Å²) in [6.45, 7) is 4.02. The van der Waals surface area contributed by atoms with Crippen LogP contribution in [0.15, 0.2) is 24.3 Å². The summed E-state index contributed by atoms with van der Waals surface area (Å²) < 4.78 is 0. The van der Waals surface area contributed by atoms with E-state index in [1.165, 1.54) is 12.0 Å². The van der Waals surface area contributed by atoms with Crippen molar-refractivity contribution in [3.63, 3.8) is 0 Å². The van der Waals surface area contributed by atoms with Crippen LogP contribution in [0.2, 0.25) is 0 Å². The molecular formula is C19H24O2. The summed E-state index contributed by atoms with van der Waals surface area (Å²) in [5.74, 6) is 3.31. The highest BCUT2D eigenvalue weighted by Gasteiger charge is 2.56. The Bertz CT molecular complexity index is 544. The number of rotatable bonds is 1. The summed E-state index contributed by atoms with van der Waals surface area (Å²) in [6, 6.07) is 0. The largest absolute Gasteiger partial charge is 0.299 e. The summed E-state index contributed by atoms with van der Waals surface area (Å²) in [7, 11) is 0. The highest BCUT2D eigenvalue weighted by molar-refractivity contribution is 5.91. The fourth-order valence-corrected chi connectivity index (χ4v) is 6.05. The van der Waals surface area contributed by atoms with Gasteiger partial charge in [0.25, 0.3) is 0 Å². The van der Waals surface area contributed by atoms with Crippen LogP contribution in [0.5, 0.6) is 0 Å². The lowest BCUT2D eigenvalue weighted by atomic mass is 9.52. The zero-order chi connectivity index (χ0) is 14.6. The maximum absolute atomic E-state index is 12.4. The second-order valence-electron chi connectivity index (χ2n) is 7.55. The van der Waals surface area contributed by atoms with Gasteiger partial charge >= 0.3 is 0 Å². The van der Waals surface area contributed by atoms with E-state index in [9.17, 15) is 9.59 Å². The Morgan fingerprint density at radius 3 is 2.71 bits per heavy atom. The molecular weight excluding hydrogens is 260 g/mol. The van der Waals surface area contributed by atoms with Crippen molar-refractivity contribution < 1.29 is 9.59 Å². The minimum absolute atomic E-state index is 0.202. The summed E-state index contributed by atoms with van der Waals surface area (Å²) in [4.78, 5) is 24.1. The molecule has 0 aromatic heterocycles. The topological polar surface area (TPSA) is 34.1 Å². The standard InChI is InChI=1S/C19H24O2/c1-2-19-10-9-15-14-6-4-13(20)11-12(14)3-5-16(15)17(19)7-8-18(19)21/h2,11,14-17H,1,3-10H2/t14-,15+,16+,17-,19-/m0/s1. The van der Waals surface area contributed by atoms with E-state index in [1.807, 2.05) is 12.2 Å². The van der Waals surface area contributed by atoms with Crippen molar-refractivity contribution in [3.8, 4) is 0 Å². The van der Waals surface area contributed by atoms with Crippen molar-refractivity contribution in [1.29, 1.82) is 0 Å². The maximum Gasteiger partial charge on any atom is 0.155 e. The number of Topliss-reactive ketones (excluding diaryl/α,β-unsaturated/α-hetero) is 1. The molecule has 112 valence electrons. The average molecular weight is 284 g/mol. The lowest BCUT2D eigenvalue weighted by molar-refractivity contribution is -0.128. The third kappa shape index (κ3) is 1.77. The number of carbonyl (C=O) groups excluding carboxylic acids is 2. The van der Waals surface area contributed by atoms with E-state index in [0.29, 0.717) is 35.2 Å². The van der Waals surface area contributed by atoms with Gasteiger partial charge in [0.2, 0.25) is 0 Å². The minimum Gasteiger partial charge on any atom is -0.299 e. The molecule has 3 fully saturated rings. The van der Waals surface area contributed by atoms with E-state index < -0.39 is 0 Å². The quantitative estimate of drug-likeness (QED) is 0.685. The monoisotopic (exact) mass is 284 g/mol. The predicted molar refractivity (Wildman–Crippen MR) is 81.6 cm³/mol. The van der Waals surface area contributed by atoms with Crippen molar-refractivity contribution in [2.75, 3.05) is 0 Å². The Kier molecular flexibility index (Phi) is 2.99. The van der Waals surface area contributed by atoms with E-state index in [1.54, 1.807) is 0 Å². The van der Waals surface area contributed by atoms with Crippen LogP contribution in [0.1, 0.15) is 51.4 Å². The van der Waals surface area contributed by atoms with Gasteiger partial charge < -0.3 is 0 Å². The van der Waals surface area contributed by atoms with Gasteiger partial charge in [0.15, 0.2) is 5.78 Å². The summed E-state index contributed by atoms with van der Waals surface area (Å²) >= 11 is 0. The first-order chi connectivity index (χ1) is 10.2. The Hall–Kier alpha value is -1.18. The Labute approximate surface area is 126 Å². The van der Waals surface area contributed by atoms with E-state index >= 15 is 0 Å². The van der Waals surface area contributed by atoms with Crippen LogP contribution in [-0.2, 0) is 9.59 Å². The molecule has 0 bridgehead atoms. The van der Waals surface area contributed by atoms with Gasteiger partial charge in [0.1, 0.15) is 5.78 Å². The molecule has 2 nitrogen and oxygen atoms in total. The molecule has 0 aliphatic heterocycles. The lowest BCUT2D eigenvalue weighted by Gasteiger charge is -2.52. The van der Waals surface area contributed by atoms with Crippen LogP contribution < -0.4 is 0 Å². The number of allylic oxidation sites excluding steroid dienone is 2. The highest BCUT2D eigenvalue weighted by atomic mass is 16.1. The van der Waals surface area contributed by atoms with Crippen LogP contribution in [-0.4, -0.2) is 11.6 Å². The first kappa shape index (κ1) is 13.5. The molecule has 0 heterocycles. The van der Waals surface area contributed by atoms with Gasteiger partial charge in [-0.25, -0.2) is 0 Å². The van der Waals surface area contributed by atoms with Crippen molar-refractivity contribution in [2.45, 2.75) is 51.4 Å². The van der Waals surface area contributed by atoms with E-state index in [0.717, 1.165) is 44.9 Å². The molecule has 0 N–H and O–H groups in total. The number of hydrogen-bond donors (Lipinski definition) is 0. The third-order valence-electron chi connectivity index (χ3n) is 6.99. The lowest BCUT2D eigenvalue weighted by Crippen LogP contribution is -2.47. The van der Waals surface area contributed by atoms with Gasteiger partial charge in [-0.3, -0.25) is 9.59 Å². The first-order valence-electron chi connectivity index (χ1n) is 8.56. The SMILES string of the molecule is C=C[C@]12CC[C@H]3[C@@H](CCC4=CC(=O)CC[C@@H]43)[C@@H]1CCC2=O. The number of ketones is 2. The van der Waals surface area contributed by atoms with Crippen LogP contribution in [0.4, 0.5) is 0 Å². The molecule has 21 heavy (non-hydrogen) atoms. The van der Waals surface area contributed by atoms with Gasteiger partial charge in [-0.05, 0) is 68.3 Å². The molecule has 4 rings (SSSR count). The fourth-order valence-electron chi connectivity index (χ4n) is 6.05. The smallest absolute Gasteiger partial charge is 0.155 e. The molecule has 0 aromatic carbocycles. The van der Waals surface area contributed by atoms with E-state index in [2.05, 4.69) is 6.58 Å². The van der Waals surface area contributed by atoms with Gasteiger partial charge in [0, 0.05) is 18.3 Å². The average Bonchev–Trinajstić information content (AvgIpc) is 2.84. The molecule has 0 saturated heterocycles. The van der Waals surface area contributed by atoms with Crippen molar-refractivity contribution in [3.05, 3.63) is 24.3 Å². The second-order valence-corrected chi connectivity index (χ2v) is 7.55. The second kappa shape index (κ2) is 4.66. The molecule has 0 aromatic rings. The van der Waals surface area contributed by atoms with Gasteiger partial charge in [-0.1, -0.05) is 11.6 Å². The molecule has 0 unspecified atom stereocenters. The van der Waals surface area contributed by atoms with Gasteiger partial charge in [-0.15, -0.1) is 6.58 Å². The van der Waals surface area contributed by atoms with E-state index in [4.69, 9.17) is 0 Å². The van der Waals surface area contributed by atoms with Crippen molar-refractivity contribution in [1.82, 2.24) is 0 Å². The van der Waals surface area contributed by atoms with Crippen molar-refractivity contribution >= 4 is 11.6 Å². The Morgan fingerprint density at radius 1 is 1.05 bits per heavy atom. The van der Waals surface area contributed by atoms with Crippen molar-refractivity contribution in [2.24, 2.45) is 29.1 Å². The predicted octanol–water partition coefficient (Wildman–Crippen LogP) is 3.86. The van der Waals surface area contributed by atoms with Crippen LogP contribution >= 0.6 is 0 Å². The Morgan fingerprint density at radius 2 is 1.90 bits per heavy atom. The molecule has 0 amide bonds. The zero-order valence-corrected chi connectivity index (χ0v) is 12.6. The van der Waals surface area contributed by atoms with Gasteiger partial charge in [-0.2, -0.15) is 0 Å². The first-order valence-corrected chi connectivity index (χ1v) is 8.56. The molecule has 0 spiro atoms. The van der Waals surface area contributed by atoms with Gasteiger partial charge in [0.05, 0.1) is 0 Å².